The first kappa shape index (κ1) is 13.2. The van der Waals surface area contributed by atoms with E-state index in [9.17, 15) is 0 Å². The summed E-state index contributed by atoms with van der Waals surface area (Å²) >= 11 is 2.14. The van der Waals surface area contributed by atoms with Gasteiger partial charge in [-0.15, -0.1) is 0 Å². The Morgan fingerprint density at radius 2 is 2.00 bits per heavy atom. The van der Waals surface area contributed by atoms with Crippen LogP contribution in [0.25, 0.3) is 0 Å². The van der Waals surface area contributed by atoms with Crippen molar-refractivity contribution in [2.24, 2.45) is 11.8 Å². The van der Waals surface area contributed by atoms with Gasteiger partial charge in [0.05, 0.1) is 25.4 Å². The average molecular weight is 271 g/mol. The molecule has 0 spiro atoms. The van der Waals surface area contributed by atoms with Gasteiger partial charge in [-0.2, -0.15) is 11.8 Å². The second-order valence-corrected chi connectivity index (χ2v) is 6.95. The highest BCUT2D eigenvalue weighted by Crippen LogP contribution is 2.35. The first-order valence-corrected chi connectivity index (χ1v) is 8.60. The van der Waals surface area contributed by atoms with Crippen molar-refractivity contribution in [3.63, 3.8) is 0 Å². The van der Waals surface area contributed by atoms with E-state index in [2.05, 4.69) is 17.1 Å². The molecule has 3 aliphatic heterocycles. The Morgan fingerprint density at radius 1 is 1.00 bits per heavy atom. The third-order valence-electron chi connectivity index (χ3n) is 4.58. The molecule has 3 heterocycles. The predicted octanol–water partition coefficient (Wildman–Crippen LogP) is 1.91. The number of hydrogen-bond donors (Lipinski definition) is 1. The van der Waals surface area contributed by atoms with Crippen LogP contribution in [-0.2, 0) is 9.47 Å². The van der Waals surface area contributed by atoms with Gasteiger partial charge in [0.15, 0.2) is 0 Å². The van der Waals surface area contributed by atoms with E-state index in [1.165, 1.54) is 37.2 Å². The lowest BCUT2D eigenvalue weighted by Gasteiger charge is -2.39. The van der Waals surface area contributed by atoms with Crippen LogP contribution in [0.3, 0.4) is 0 Å². The minimum Gasteiger partial charge on any atom is -0.375 e. The lowest BCUT2D eigenvalue weighted by atomic mass is 9.84. The Kier molecular flexibility index (Phi) is 4.85. The average Bonchev–Trinajstić information content (AvgIpc) is 2.49. The normalized spacial score (nSPS) is 42.7. The summed E-state index contributed by atoms with van der Waals surface area (Å²) < 4.78 is 11.9. The van der Waals surface area contributed by atoms with Gasteiger partial charge < -0.3 is 14.8 Å². The van der Waals surface area contributed by atoms with Crippen LogP contribution in [0.1, 0.15) is 25.7 Å². The van der Waals surface area contributed by atoms with Crippen LogP contribution < -0.4 is 5.32 Å². The molecule has 4 unspecified atom stereocenters. The Bertz CT molecular complexity index is 218. The molecule has 3 saturated heterocycles. The molecule has 3 fully saturated rings. The fourth-order valence-corrected chi connectivity index (χ4v) is 4.70. The Morgan fingerprint density at radius 3 is 2.67 bits per heavy atom. The fourth-order valence-electron chi connectivity index (χ4n) is 3.42. The van der Waals surface area contributed by atoms with Crippen LogP contribution in [-0.4, -0.2) is 50.0 Å². The lowest BCUT2D eigenvalue weighted by molar-refractivity contribution is -0.119. The Balaban J connectivity index is 1.45. The molecule has 4 atom stereocenters. The molecule has 0 aromatic rings. The van der Waals surface area contributed by atoms with Crippen molar-refractivity contribution in [3.05, 3.63) is 0 Å². The molecule has 0 aromatic carbocycles. The number of ether oxygens (including phenoxy) is 2. The maximum atomic E-state index is 6.11. The van der Waals surface area contributed by atoms with Gasteiger partial charge >= 0.3 is 0 Å². The van der Waals surface area contributed by atoms with Crippen molar-refractivity contribution >= 4 is 11.8 Å². The largest absolute Gasteiger partial charge is 0.375 e. The van der Waals surface area contributed by atoms with Gasteiger partial charge in [0.2, 0.25) is 0 Å². The van der Waals surface area contributed by atoms with Crippen molar-refractivity contribution < 1.29 is 9.47 Å². The van der Waals surface area contributed by atoms with E-state index in [1.54, 1.807) is 0 Å². The molecule has 18 heavy (non-hydrogen) atoms. The van der Waals surface area contributed by atoms with Gasteiger partial charge in [-0.3, -0.25) is 0 Å². The second-order valence-electron chi connectivity index (χ2n) is 5.80. The van der Waals surface area contributed by atoms with Gasteiger partial charge in [0.25, 0.3) is 0 Å². The summed E-state index contributed by atoms with van der Waals surface area (Å²) in [5.41, 5.74) is 0. The van der Waals surface area contributed by atoms with Crippen molar-refractivity contribution in [1.82, 2.24) is 5.32 Å². The van der Waals surface area contributed by atoms with Crippen LogP contribution in [0.15, 0.2) is 0 Å². The van der Waals surface area contributed by atoms with Crippen molar-refractivity contribution in [3.8, 4) is 0 Å². The van der Waals surface area contributed by atoms with E-state index in [0.29, 0.717) is 12.2 Å². The highest BCUT2D eigenvalue weighted by Gasteiger charge is 2.33. The topological polar surface area (TPSA) is 30.5 Å². The fraction of sp³-hybridized carbons (Fsp3) is 1.00. The SMILES string of the molecule is C1CSCC(C2CCC(C3CNCCO3)OC2)C1. The summed E-state index contributed by atoms with van der Waals surface area (Å²) in [6.45, 7) is 3.77. The third-order valence-corrected chi connectivity index (χ3v) is 5.82. The Labute approximate surface area is 114 Å². The summed E-state index contributed by atoms with van der Waals surface area (Å²) in [6.07, 6.45) is 6.00. The monoisotopic (exact) mass is 271 g/mol. The molecule has 1 N–H and O–H groups in total. The standard InChI is InChI=1S/C14H25NO2S/c1-2-12(10-18-7-1)11-3-4-13(17-9-11)14-8-15-5-6-16-14/h11-15H,1-10H2. The van der Waals surface area contributed by atoms with Crippen LogP contribution in [0.5, 0.6) is 0 Å². The van der Waals surface area contributed by atoms with E-state index < -0.39 is 0 Å². The van der Waals surface area contributed by atoms with Crippen LogP contribution in [0, 0.1) is 11.8 Å². The minimum atomic E-state index is 0.292. The molecule has 0 amide bonds. The van der Waals surface area contributed by atoms with Crippen LogP contribution in [0.2, 0.25) is 0 Å². The van der Waals surface area contributed by atoms with Gasteiger partial charge in [-0.1, -0.05) is 0 Å². The van der Waals surface area contributed by atoms with Crippen LogP contribution >= 0.6 is 11.8 Å². The smallest absolute Gasteiger partial charge is 0.0961 e. The summed E-state index contributed by atoms with van der Waals surface area (Å²) in [5, 5.41) is 3.40. The van der Waals surface area contributed by atoms with Crippen molar-refractivity contribution in [1.29, 1.82) is 0 Å². The maximum Gasteiger partial charge on any atom is 0.0961 e. The molecule has 0 saturated carbocycles. The maximum absolute atomic E-state index is 6.11. The third kappa shape index (κ3) is 3.21. The van der Waals surface area contributed by atoms with E-state index in [-0.39, 0.29) is 0 Å². The zero-order chi connectivity index (χ0) is 12.2. The molecular weight excluding hydrogens is 246 g/mol. The lowest BCUT2D eigenvalue weighted by Crippen LogP contribution is -2.48. The summed E-state index contributed by atoms with van der Waals surface area (Å²) in [6, 6.07) is 0. The number of hydrogen-bond acceptors (Lipinski definition) is 4. The van der Waals surface area contributed by atoms with E-state index in [1.807, 2.05) is 0 Å². The second kappa shape index (κ2) is 6.60. The molecule has 0 radical (unpaired) electrons. The first-order valence-electron chi connectivity index (χ1n) is 7.45. The van der Waals surface area contributed by atoms with Gasteiger partial charge in [-0.05, 0) is 49.0 Å². The van der Waals surface area contributed by atoms with Crippen molar-refractivity contribution in [2.75, 3.05) is 37.8 Å². The highest BCUT2D eigenvalue weighted by molar-refractivity contribution is 7.99. The summed E-state index contributed by atoms with van der Waals surface area (Å²) in [7, 11) is 0. The van der Waals surface area contributed by atoms with Gasteiger partial charge in [0, 0.05) is 13.1 Å². The highest BCUT2D eigenvalue weighted by atomic mass is 32.2. The number of morpholine rings is 1. The molecular formula is C14H25NO2S. The number of nitrogens with one attached hydrogen (secondary N) is 1. The molecule has 3 nitrogen and oxygen atoms in total. The van der Waals surface area contributed by atoms with Gasteiger partial charge in [0.1, 0.15) is 0 Å². The number of rotatable bonds is 2. The zero-order valence-corrected chi connectivity index (χ0v) is 11.9. The van der Waals surface area contributed by atoms with E-state index in [4.69, 9.17) is 9.47 Å². The molecule has 104 valence electrons. The zero-order valence-electron chi connectivity index (χ0n) is 11.1. The molecule has 3 rings (SSSR count). The molecule has 0 bridgehead atoms. The van der Waals surface area contributed by atoms with E-state index >= 15 is 0 Å². The molecule has 4 heteroatoms. The summed E-state index contributed by atoms with van der Waals surface area (Å²) in [5.74, 6) is 4.45. The Hall–Kier alpha value is 0.230. The quantitative estimate of drug-likeness (QED) is 0.831. The van der Waals surface area contributed by atoms with Crippen LogP contribution in [0.4, 0.5) is 0 Å². The summed E-state index contributed by atoms with van der Waals surface area (Å²) in [4.78, 5) is 0. The molecule has 0 aromatic heterocycles. The molecule has 3 aliphatic rings. The minimum absolute atomic E-state index is 0.292. The predicted molar refractivity (Wildman–Crippen MR) is 75.1 cm³/mol. The van der Waals surface area contributed by atoms with Gasteiger partial charge in [-0.25, -0.2) is 0 Å². The first-order chi connectivity index (χ1) is 8.93. The van der Waals surface area contributed by atoms with E-state index in [0.717, 1.165) is 38.1 Å². The number of thioether (sulfide) groups is 1. The molecule has 0 aliphatic carbocycles. The van der Waals surface area contributed by atoms with Crippen molar-refractivity contribution in [2.45, 2.75) is 37.9 Å².